The van der Waals surface area contributed by atoms with Crippen LogP contribution in [0.2, 0.25) is 0 Å². The van der Waals surface area contributed by atoms with Gasteiger partial charge in [0.05, 0.1) is 0 Å². The molecule has 0 aliphatic carbocycles. The van der Waals surface area contributed by atoms with Crippen LogP contribution in [0.1, 0.15) is 11.5 Å². The SMILES string of the molecule is Cc1cc(=O)c(Br)c(C)o1. The van der Waals surface area contributed by atoms with E-state index < -0.39 is 0 Å². The molecule has 0 N–H and O–H groups in total. The molecule has 3 heteroatoms. The lowest BCUT2D eigenvalue weighted by molar-refractivity contribution is 0.480. The Bertz CT molecular complexity index is 301. The zero-order valence-electron chi connectivity index (χ0n) is 5.77. The predicted octanol–water partition coefficient (Wildman–Crippen LogP) is 2.02. The largest absolute Gasteiger partial charge is 0.465 e. The first kappa shape index (κ1) is 7.54. The van der Waals surface area contributed by atoms with Crippen LogP contribution in [0.15, 0.2) is 19.8 Å². The maximum Gasteiger partial charge on any atom is 0.199 e. The highest BCUT2D eigenvalue weighted by Crippen LogP contribution is 2.10. The second-order valence-electron chi connectivity index (χ2n) is 2.09. The third-order valence-corrected chi connectivity index (χ3v) is 2.12. The van der Waals surface area contributed by atoms with Crippen molar-refractivity contribution in [3.05, 3.63) is 32.3 Å². The summed E-state index contributed by atoms with van der Waals surface area (Å²) in [6, 6.07) is 1.46. The van der Waals surface area contributed by atoms with Crippen molar-refractivity contribution < 1.29 is 4.42 Å². The number of hydrogen-bond acceptors (Lipinski definition) is 2. The van der Waals surface area contributed by atoms with Gasteiger partial charge in [0.15, 0.2) is 5.43 Å². The first-order valence-corrected chi connectivity index (χ1v) is 3.67. The molecule has 0 saturated carbocycles. The molecule has 0 unspecified atom stereocenters. The zero-order chi connectivity index (χ0) is 7.72. The molecule has 54 valence electrons. The van der Waals surface area contributed by atoms with E-state index in [-0.39, 0.29) is 5.43 Å². The Balaban J connectivity index is 3.46. The first-order valence-electron chi connectivity index (χ1n) is 2.88. The molecule has 0 aliphatic rings. The van der Waals surface area contributed by atoms with Gasteiger partial charge in [-0.15, -0.1) is 0 Å². The second kappa shape index (κ2) is 2.58. The van der Waals surface area contributed by atoms with Crippen molar-refractivity contribution in [3.8, 4) is 0 Å². The average Bonchev–Trinajstić information content (AvgIpc) is 1.82. The number of rotatable bonds is 0. The zero-order valence-corrected chi connectivity index (χ0v) is 7.36. The second-order valence-corrected chi connectivity index (χ2v) is 2.88. The molecular weight excluding hydrogens is 196 g/mol. The molecule has 1 aromatic rings. The van der Waals surface area contributed by atoms with Crippen molar-refractivity contribution in [3.63, 3.8) is 0 Å². The summed E-state index contributed by atoms with van der Waals surface area (Å²) in [4.78, 5) is 11.0. The molecule has 0 bridgehead atoms. The standard InChI is InChI=1S/C7H7BrO2/c1-4-3-6(9)7(8)5(2)10-4/h3H,1-2H3. The minimum absolute atomic E-state index is 0.0266. The lowest BCUT2D eigenvalue weighted by Gasteiger charge is -1.96. The van der Waals surface area contributed by atoms with Crippen LogP contribution < -0.4 is 5.43 Å². The molecule has 0 aromatic carbocycles. The fourth-order valence-corrected chi connectivity index (χ4v) is 0.933. The first-order chi connectivity index (χ1) is 4.61. The molecule has 1 aromatic heterocycles. The Morgan fingerprint density at radius 2 is 2.10 bits per heavy atom. The highest BCUT2D eigenvalue weighted by molar-refractivity contribution is 9.10. The topological polar surface area (TPSA) is 30.2 Å². The van der Waals surface area contributed by atoms with Gasteiger partial charge in [-0.3, -0.25) is 4.79 Å². The van der Waals surface area contributed by atoms with Gasteiger partial charge in [-0.2, -0.15) is 0 Å². The van der Waals surface area contributed by atoms with Gasteiger partial charge in [-0.05, 0) is 29.8 Å². The lowest BCUT2D eigenvalue weighted by Crippen LogP contribution is -2.01. The van der Waals surface area contributed by atoms with E-state index in [0.717, 1.165) is 0 Å². The van der Waals surface area contributed by atoms with Gasteiger partial charge in [-0.25, -0.2) is 0 Å². The Kier molecular flexibility index (Phi) is 1.94. The van der Waals surface area contributed by atoms with Crippen LogP contribution in [0.25, 0.3) is 0 Å². The molecule has 0 spiro atoms. The maximum absolute atomic E-state index is 11.0. The van der Waals surface area contributed by atoms with Crippen LogP contribution in [0.4, 0.5) is 0 Å². The Morgan fingerprint density at radius 3 is 2.60 bits per heavy atom. The number of aryl methyl sites for hydroxylation is 2. The molecule has 1 rings (SSSR count). The van der Waals surface area contributed by atoms with Gasteiger partial charge >= 0.3 is 0 Å². The summed E-state index contributed by atoms with van der Waals surface area (Å²) in [7, 11) is 0. The Hall–Kier alpha value is -0.570. The summed E-state index contributed by atoms with van der Waals surface area (Å²) < 4.78 is 5.65. The quantitative estimate of drug-likeness (QED) is 0.645. The third kappa shape index (κ3) is 1.29. The van der Waals surface area contributed by atoms with Gasteiger partial charge in [0.2, 0.25) is 0 Å². The molecule has 2 nitrogen and oxygen atoms in total. The fourth-order valence-electron chi connectivity index (χ4n) is 0.737. The summed E-state index contributed by atoms with van der Waals surface area (Å²) in [5.74, 6) is 1.27. The summed E-state index contributed by atoms with van der Waals surface area (Å²) >= 11 is 3.11. The van der Waals surface area contributed by atoms with E-state index in [9.17, 15) is 4.79 Å². The van der Waals surface area contributed by atoms with Gasteiger partial charge in [0.25, 0.3) is 0 Å². The smallest absolute Gasteiger partial charge is 0.199 e. The van der Waals surface area contributed by atoms with Crippen molar-refractivity contribution >= 4 is 15.9 Å². The predicted molar refractivity (Wildman–Crippen MR) is 42.2 cm³/mol. The monoisotopic (exact) mass is 202 g/mol. The minimum atomic E-state index is -0.0266. The highest BCUT2D eigenvalue weighted by atomic mass is 79.9. The van der Waals surface area contributed by atoms with E-state index in [0.29, 0.717) is 16.0 Å². The van der Waals surface area contributed by atoms with Crippen LogP contribution in [0.5, 0.6) is 0 Å². The minimum Gasteiger partial charge on any atom is -0.465 e. The van der Waals surface area contributed by atoms with Crippen LogP contribution in [-0.2, 0) is 0 Å². The van der Waals surface area contributed by atoms with E-state index in [1.54, 1.807) is 13.8 Å². The summed E-state index contributed by atoms with van der Waals surface area (Å²) in [5.41, 5.74) is -0.0266. The maximum atomic E-state index is 11.0. The van der Waals surface area contributed by atoms with Crippen LogP contribution in [0.3, 0.4) is 0 Å². The summed E-state index contributed by atoms with van der Waals surface area (Å²) in [5, 5.41) is 0. The normalized spacial score (nSPS) is 9.90. The van der Waals surface area contributed by atoms with Crippen molar-refractivity contribution in [1.29, 1.82) is 0 Å². The van der Waals surface area contributed by atoms with Crippen molar-refractivity contribution in [2.75, 3.05) is 0 Å². The number of halogens is 1. The van der Waals surface area contributed by atoms with Crippen LogP contribution in [-0.4, -0.2) is 0 Å². The van der Waals surface area contributed by atoms with Crippen LogP contribution >= 0.6 is 15.9 Å². The molecule has 0 aliphatic heterocycles. The van der Waals surface area contributed by atoms with Crippen molar-refractivity contribution in [2.45, 2.75) is 13.8 Å². The van der Waals surface area contributed by atoms with E-state index in [1.807, 2.05) is 0 Å². The van der Waals surface area contributed by atoms with Crippen molar-refractivity contribution in [1.82, 2.24) is 0 Å². The molecular formula is C7H7BrO2. The molecule has 0 saturated heterocycles. The fraction of sp³-hybridized carbons (Fsp3) is 0.286. The highest BCUT2D eigenvalue weighted by Gasteiger charge is 2.01. The van der Waals surface area contributed by atoms with Gasteiger partial charge < -0.3 is 4.42 Å². The summed E-state index contributed by atoms with van der Waals surface area (Å²) in [6.45, 7) is 3.50. The van der Waals surface area contributed by atoms with E-state index >= 15 is 0 Å². The molecule has 10 heavy (non-hydrogen) atoms. The van der Waals surface area contributed by atoms with Gasteiger partial charge in [-0.1, -0.05) is 0 Å². The summed E-state index contributed by atoms with van der Waals surface area (Å²) in [6.07, 6.45) is 0. The van der Waals surface area contributed by atoms with Crippen molar-refractivity contribution in [2.24, 2.45) is 0 Å². The molecule has 0 amide bonds. The van der Waals surface area contributed by atoms with Gasteiger partial charge in [0, 0.05) is 6.07 Å². The Labute approximate surface area is 67.0 Å². The lowest BCUT2D eigenvalue weighted by atomic mass is 10.3. The molecule has 1 heterocycles. The molecule has 0 atom stereocenters. The van der Waals surface area contributed by atoms with Gasteiger partial charge in [0.1, 0.15) is 16.0 Å². The van der Waals surface area contributed by atoms with E-state index in [1.165, 1.54) is 6.07 Å². The average molecular weight is 203 g/mol. The molecule has 0 fully saturated rings. The number of hydrogen-bond donors (Lipinski definition) is 0. The third-order valence-electron chi connectivity index (χ3n) is 1.17. The molecule has 0 radical (unpaired) electrons. The van der Waals surface area contributed by atoms with Crippen LogP contribution in [0, 0.1) is 13.8 Å². The van der Waals surface area contributed by atoms with E-state index in [4.69, 9.17) is 4.42 Å². The Morgan fingerprint density at radius 1 is 1.50 bits per heavy atom. The van der Waals surface area contributed by atoms with E-state index in [2.05, 4.69) is 15.9 Å².